The van der Waals surface area contributed by atoms with Gasteiger partial charge in [-0.2, -0.15) is 5.10 Å². The van der Waals surface area contributed by atoms with Gasteiger partial charge in [0, 0.05) is 13.5 Å². The molecule has 0 aliphatic carbocycles. The van der Waals surface area contributed by atoms with Crippen LogP contribution in [0, 0.1) is 0 Å². The molecule has 0 aromatic carbocycles. The maximum atomic E-state index is 4.26. The van der Waals surface area contributed by atoms with Crippen molar-refractivity contribution in [3.63, 3.8) is 0 Å². The van der Waals surface area contributed by atoms with Crippen molar-refractivity contribution in [2.24, 2.45) is 7.05 Å². The van der Waals surface area contributed by atoms with Crippen LogP contribution in [0.1, 0.15) is 42.2 Å². The van der Waals surface area contributed by atoms with Crippen molar-refractivity contribution >= 4 is 11.5 Å². The molecule has 2 heterocycles. The van der Waals surface area contributed by atoms with E-state index in [0.717, 1.165) is 17.9 Å². The summed E-state index contributed by atoms with van der Waals surface area (Å²) in [7, 11) is 3.86. The van der Waals surface area contributed by atoms with Gasteiger partial charge in [-0.05, 0) is 24.5 Å². The van der Waals surface area contributed by atoms with Crippen LogP contribution in [0.3, 0.4) is 0 Å². The van der Waals surface area contributed by atoms with E-state index in [2.05, 4.69) is 38.8 Å². The Kier molecular flexibility index (Phi) is 4.03. The Bertz CT molecular complexity index is 503. The Morgan fingerprint density at radius 1 is 1.44 bits per heavy atom. The van der Waals surface area contributed by atoms with Crippen molar-refractivity contribution in [3.05, 3.63) is 22.7 Å². The van der Waals surface area contributed by atoms with Crippen LogP contribution in [0.4, 0.5) is 0 Å². The molecule has 7 heteroatoms. The summed E-state index contributed by atoms with van der Waals surface area (Å²) in [6, 6.07) is 0.185. The molecule has 1 N–H and O–H groups in total. The molecule has 0 spiro atoms. The van der Waals surface area contributed by atoms with Crippen LogP contribution < -0.4 is 5.32 Å². The van der Waals surface area contributed by atoms with Crippen LogP contribution in [0.15, 0.2) is 6.33 Å². The van der Waals surface area contributed by atoms with Gasteiger partial charge in [0.05, 0.1) is 16.6 Å². The van der Waals surface area contributed by atoms with E-state index >= 15 is 0 Å². The normalized spacial score (nSPS) is 13.2. The second kappa shape index (κ2) is 5.53. The molecule has 2 aromatic rings. The summed E-state index contributed by atoms with van der Waals surface area (Å²) in [5.74, 6) is 1.34. The van der Waals surface area contributed by atoms with E-state index in [-0.39, 0.29) is 6.04 Å². The van der Waals surface area contributed by atoms with Gasteiger partial charge in [0.15, 0.2) is 0 Å². The second-order valence-electron chi connectivity index (χ2n) is 4.52. The van der Waals surface area contributed by atoms with Gasteiger partial charge >= 0.3 is 0 Å². The van der Waals surface area contributed by atoms with Crippen molar-refractivity contribution in [2.45, 2.75) is 32.2 Å². The van der Waals surface area contributed by atoms with Crippen molar-refractivity contribution in [1.29, 1.82) is 0 Å². The lowest BCUT2D eigenvalue weighted by Gasteiger charge is -2.15. The highest BCUT2D eigenvalue weighted by atomic mass is 32.1. The SMILES string of the molecule is CNC(Cc1ncnn1C)c1snnc1C(C)C. The van der Waals surface area contributed by atoms with E-state index in [1.54, 1.807) is 11.0 Å². The lowest BCUT2D eigenvalue weighted by Crippen LogP contribution is -2.21. The topological polar surface area (TPSA) is 68.5 Å². The van der Waals surface area contributed by atoms with Crippen molar-refractivity contribution in [1.82, 2.24) is 29.7 Å². The Balaban J connectivity index is 2.23. The largest absolute Gasteiger partial charge is 0.312 e. The molecule has 6 nitrogen and oxygen atoms in total. The number of nitrogens with one attached hydrogen (secondary N) is 1. The molecule has 0 saturated heterocycles. The van der Waals surface area contributed by atoms with Crippen LogP contribution in [-0.4, -0.2) is 31.4 Å². The van der Waals surface area contributed by atoms with Crippen LogP contribution in [-0.2, 0) is 13.5 Å². The maximum absolute atomic E-state index is 4.26. The van der Waals surface area contributed by atoms with Crippen LogP contribution in [0.25, 0.3) is 0 Å². The Labute approximate surface area is 111 Å². The minimum atomic E-state index is 0.185. The van der Waals surface area contributed by atoms with Gasteiger partial charge in [-0.15, -0.1) is 5.10 Å². The highest BCUT2D eigenvalue weighted by Crippen LogP contribution is 2.27. The lowest BCUT2D eigenvalue weighted by molar-refractivity contribution is 0.552. The number of hydrogen-bond donors (Lipinski definition) is 1. The van der Waals surface area contributed by atoms with Crippen molar-refractivity contribution in [3.8, 4) is 0 Å². The van der Waals surface area contributed by atoms with Crippen LogP contribution in [0.2, 0.25) is 0 Å². The minimum Gasteiger partial charge on any atom is -0.312 e. The van der Waals surface area contributed by atoms with Gasteiger partial charge in [-0.25, -0.2) is 4.98 Å². The molecule has 1 unspecified atom stereocenters. The molecule has 0 bridgehead atoms. The van der Waals surface area contributed by atoms with E-state index in [0.29, 0.717) is 5.92 Å². The predicted molar refractivity (Wildman–Crippen MR) is 70.5 cm³/mol. The maximum Gasteiger partial charge on any atom is 0.138 e. The summed E-state index contributed by atoms with van der Waals surface area (Å²) in [6.07, 6.45) is 2.37. The van der Waals surface area contributed by atoms with E-state index in [1.807, 2.05) is 14.1 Å². The molecule has 98 valence electrons. The standard InChI is InChI=1S/C11H18N6S/c1-7(2)10-11(18-16-15-10)8(12-3)5-9-13-6-14-17(9)4/h6-8,12H,5H2,1-4H3. The molecular weight excluding hydrogens is 248 g/mol. The summed E-state index contributed by atoms with van der Waals surface area (Å²) in [5.41, 5.74) is 1.07. The minimum absolute atomic E-state index is 0.185. The number of rotatable bonds is 5. The zero-order valence-electron chi connectivity index (χ0n) is 11.1. The fraction of sp³-hybridized carbons (Fsp3) is 0.636. The van der Waals surface area contributed by atoms with E-state index in [4.69, 9.17) is 0 Å². The number of aryl methyl sites for hydroxylation is 1. The second-order valence-corrected chi connectivity index (χ2v) is 5.31. The first-order valence-corrected chi connectivity index (χ1v) is 6.73. The molecule has 0 aliphatic heterocycles. The molecule has 2 aromatic heterocycles. The number of likely N-dealkylation sites (N-methyl/N-ethyl adjacent to an activating group) is 1. The van der Waals surface area contributed by atoms with Gasteiger partial charge in [-0.1, -0.05) is 18.3 Å². The van der Waals surface area contributed by atoms with Gasteiger partial charge in [-0.3, -0.25) is 4.68 Å². The number of aromatic nitrogens is 5. The lowest BCUT2D eigenvalue weighted by atomic mass is 10.0. The zero-order valence-corrected chi connectivity index (χ0v) is 11.9. The summed E-state index contributed by atoms with van der Waals surface area (Å²) >= 11 is 1.46. The third-order valence-electron chi connectivity index (χ3n) is 2.94. The first-order valence-electron chi connectivity index (χ1n) is 5.95. The quantitative estimate of drug-likeness (QED) is 0.883. The third-order valence-corrected chi connectivity index (χ3v) is 3.80. The van der Waals surface area contributed by atoms with E-state index in [9.17, 15) is 0 Å². The Morgan fingerprint density at radius 2 is 2.22 bits per heavy atom. The summed E-state index contributed by atoms with van der Waals surface area (Å²) in [5, 5.41) is 11.6. The highest BCUT2D eigenvalue weighted by Gasteiger charge is 2.21. The van der Waals surface area contributed by atoms with Gasteiger partial charge in [0.1, 0.15) is 12.2 Å². The van der Waals surface area contributed by atoms with Gasteiger partial charge < -0.3 is 5.32 Å². The van der Waals surface area contributed by atoms with Crippen molar-refractivity contribution in [2.75, 3.05) is 7.05 Å². The van der Waals surface area contributed by atoms with Crippen LogP contribution in [0.5, 0.6) is 0 Å². The molecule has 0 saturated carbocycles. The summed E-state index contributed by atoms with van der Waals surface area (Å²) in [4.78, 5) is 5.45. The fourth-order valence-corrected chi connectivity index (χ4v) is 2.78. The Hall–Kier alpha value is -1.34. The molecule has 0 radical (unpaired) electrons. The summed E-state index contributed by atoms with van der Waals surface area (Å²) < 4.78 is 5.87. The molecule has 0 aliphatic rings. The fourth-order valence-electron chi connectivity index (χ4n) is 1.86. The third kappa shape index (κ3) is 2.56. The smallest absolute Gasteiger partial charge is 0.138 e. The van der Waals surface area contributed by atoms with Gasteiger partial charge in [0.25, 0.3) is 0 Å². The van der Waals surface area contributed by atoms with Crippen LogP contribution >= 0.6 is 11.5 Å². The molecule has 18 heavy (non-hydrogen) atoms. The van der Waals surface area contributed by atoms with E-state index in [1.165, 1.54) is 16.4 Å². The van der Waals surface area contributed by atoms with Gasteiger partial charge in [0.2, 0.25) is 0 Å². The molecular formula is C11H18N6S. The van der Waals surface area contributed by atoms with Crippen molar-refractivity contribution < 1.29 is 0 Å². The molecule has 0 fully saturated rings. The molecule has 1 atom stereocenters. The highest BCUT2D eigenvalue weighted by molar-refractivity contribution is 7.05. The zero-order chi connectivity index (χ0) is 13.1. The number of hydrogen-bond acceptors (Lipinski definition) is 6. The summed E-state index contributed by atoms with van der Waals surface area (Å²) in [6.45, 7) is 4.27. The first kappa shape index (κ1) is 13.1. The number of nitrogens with zero attached hydrogens (tertiary/aromatic N) is 5. The van der Waals surface area contributed by atoms with E-state index < -0.39 is 0 Å². The molecule has 2 rings (SSSR count). The first-order chi connectivity index (χ1) is 8.63. The average molecular weight is 266 g/mol. The Morgan fingerprint density at radius 3 is 2.78 bits per heavy atom. The predicted octanol–water partition coefficient (Wildman–Crippen LogP) is 1.29. The average Bonchev–Trinajstić information content (AvgIpc) is 2.95. The monoisotopic (exact) mass is 266 g/mol. The molecule has 0 amide bonds.